The molecular weight excluding hydrogens is 414 g/mol. The van der Waals surface area contributed by atoms with Gasteiger partial charge in [-0.05, 0) is 41.5 Å². The number of hydrogen-bond donors (Lipinski definition) is 2. The number of rotatable bonds is 7. The highest BCUT2D eigenvalue weighted by Crippen LogP contribution is 2.31. The van der Waals surface area contributed by atoms with E-state index in [2.05, 4.69) is 16.4 Å². The largest absolute Gasteiger partial charge is 0.369 e. The van der Waals surface area contributed by atoms with Crippen molar-refractivity contribution < 1.29 is 9.59 Å². The highest BCUT2D eigenvalue weighted by atomic mass is 32.2. The molecule has 30 heavy (non-hydrogen) atoms. The van der Waals surface area contributed by atoms with E-state index < -0.39 is 5.91 Å². The van der Waals surface area contributed by atoms with Crippen molar-refractivity contribution in [3.05, 3.63) is 89.5 Å². The Balaban J connectivity index is 1.39. The maximum Gasteiger partial charge on any atom is 0.255 e. The predicted molar refractivity (Wildman–Crippen MR) is 123 cm³/mol. The van der Waals surface area contributed by atoms with Gasteiger partial charge in [0.05, 0.1) is 16.6 Å². The summed E-state index contributed by atoms with van der Waals surface area (Å²) >= 11 is 3.37. The molecule has 5 nitrogen and oxygen atoms in total. The first-order valence-electron chi connectivity index (χ1n) is 9.33. The number of para-hydroxylation sites is 2. The number of nitrogens with zero attached hydrogens (tertiary/aromatic N) is 1. The summed E-state index contributed by atoms with van der Waals surface area (Å²) in [5.74, 6) is 0.118. The van der Waals surface area contributed by atoms with Crippen LogP contribution in [0.5, 0.6) is 0 Å². The van der Waals surface area contributed by atoms with E-state index in [1.807, 2.05) is 42.5 Å². The molecular formula is C23H19N3O2S2. The Morgan fingerprint density at radius 3 is 2.47 bits per heavy atom. The Kier molecular flexibility index (Phi) is 6.11. The molecule has 0 radical (unpaired) electrons. The van der Waals surface area contributed by atoms with E-state index in [4.69, 9.17) is 5.73 Å². The second kappa shape index (κ2) is 9.11. The Morgan fingerprint density at radius 2 is 1.70 bits per heavy atom. The number of fused-ring (bicyclic) bond motifs is 1. The second-order valence-corrected chi connectivity index (χ2v) is 8.94. The second-order valence-electron chi connectivity index (χ2n) is 6.69. The lowest BCUT2D eigenvalue weighted by Crippen LogP contribution is -2.17. The zero-order chi connectivity index (χ0) is 20.9. The van der Waals surface area contributed by atoms with Crippen LogP contribution in [0.1, 0.15) is 21.5 Å². The number of anilines is 1. The fraction of sp³-hybridized carbons (Fsp3) is 0.0870. The average Bonchev–Trinajstić information content (AvgIpc) is 3.17. The number of benzene rings is 3. The van der Waals surface area contributed by atoms with E-state index in [1.165, 1.54) is 4.70 Å². The van der Waals surface area contributed by atoms with Crippen LogP contribution in [0.15, 0.2) is 77.1 Å². The number of nitrogens with two attached hydrogens (primary N) is 1. The molecule has 4 aromatic rings. The van der Waals surface area contributed by atoms with Gasteiger partial charge in [-0.1, -0.05) is 54.2 Å². The number of thiazole rings is 1. The highest BCUT2D eigenvalue weighted by molar-refractivity contribution is 8.00. The molecule has 0 aliphatic carbocycles. The van der Waals surface area contributed by atoms with E-state index >= 15 is 0 Å². The molecule has 0 unspecified atom stereocenters. The van der Waals surface area contributed by atoms with Gasteiger partial charge in [-0.2, -0.15) is 0 Å². The maximum absolute atomic E-state index is 12.6. The molecule has 7 heteroatoms. The summed E-state index contributed by atoms with van der Waals surface area (Å²) in [5, 5.41) is 2.86. The Morgan fingerprint density at radius 1 is 0.967 bits per heavy atom. The number of carbonyl (C=O) groups is 2. The summed E-state index contributed by atoms with van der Waals surface area (Å²) < 4.78 is 2.22. The normalized spacial score (nSPS) is 10.8. The van der Waals surface area contributed by atoms with Crippen molar-refractivity contribution in [3.8, 4) is 0 Å². The molecule has 0 aliphatic rings. The topological polar surface area (TPSA) is 85.1 Å². The van der Waals surface area contributed by atoms with E-state index in [0.29, 0.717) is 16.8 Å². The van der Waals surface area contributed by atoms with E-state index in [1.54, 1.807) is 47.4 Å². The fourth-order valence-electron chi connectivity index (χ4n) is 2.99. The van der Waals surface area contributed by atoms with Crippen LogP contribution in [-0.4, -0.2) is 16.8 Å². The lowest BCUT2D eigenvalue weighted by Gasteiger charge is -2.10. The SMILES string of the molecule is NC(=O)Cc1ccccc1NC(=O)c1ccc(CSc2nc3ccccc3s2)cc1. The lowest BCUT2D eigenvalue weighted by atomic mass is 10.1. The highest BCUT2D eigenvalue weighted by Gasteiger charge is 2.11. The van der Waals surface area contributed by atoms with E-state index in [9.17, 15) is 9.59 Å². The van der Waals surface area contributed by atoms with Crippen LogP contribution < -0.4 is 11.1 Å². The van der Waals surface area contributed by atoms with Gasteiger partial charge >= 0.3 is 0 Å². The number of aromatic nitrogens is 1. The third-order valence-electron chi connectivity index (χ3n) is 4.48. The average molecular weight is 434 g/mol. The molecule has 4 rings (SSSR count). The van der Waals surface area contributed by atoms with E-state index in [0.717, 1.165) is 21.2 Å². The van der Waals surface area contributed by atoms with Gasteiger partial charge in [0.15, 0.2) is 4.34 Å². The number of hydrogen-bond acceptors (Lipinski definition) is 5. The fourth-order valence-corrected chi connectivity index (χ4v) is 5.01. The Labute approximate surface area is 182 Å². The van der Waals surface area contributed by atoms with Crippen LogP contribution in [0, 0.1) is 0 Å². The van der Waals surface area contributed by atoms with Crippen molar-refractivity contribution in [1.29, 1.82) is 0 Å². The van der Waals surface area contributed by atoms with Crippen LogP contribution >= 0.6 is 23.1 Å². The molecule has 1 aromatic heterocycles. The number of nitrogens with one attached hydrogen (secondary N) is 1. The predicted octanol–water partition coefficient (Wildman–Crippen LogP) is 4.87. The summed E-state index contributed by atoms with van der Waals surface area (Å²) in [6.45, 7) is 0. The van der Waals surface area contributed by atoms with Crippen LogP contribution in [0.25, 0.3) is 10.2 Å². The summed E-state index contributed by atoms with van der Waals surface area (Å²) in [7, 11) is 0. The van der Waals surface area contributed by atoms with Gasteiger partial charge in [-0.3, -0.25) is 9.59 Å². The third-order valence-corrected chi connectivity index (χ3v) is 6.73. The first-order valence-corrected chi connectivity index (χ1v) is 11.1. The van der Waals surface area contributed by atoms with Crippen molar-refractivity contribution in [2.24, 2.45) is 5.73 Å². The lowest BCUT2D eigenvalue weighted by molar-refractivity contribution is -0.117. The molecule has 150 valence electrons. The van der Waals surface area contributed by atoms with Crippen LogP contribution in [0.4, 0.5) is 5.69 Å². The standard InChI is InChI=1S/C23H19N3O2S2/c24-21(27)13-17-5-1-2-6-18(17)25-22(28)16-11-9-15(10-12-16)14-29-23-26-19-7-3-4-8-20(19)30-23/h1-12H,13-14H2,(H2,24,27)(H,25,28). The Hall–Kier alpha value is -3.16. The van der Waals surface area contributed by atoms with Gasteiger partial charge in [0.25, 0.3) is 5.91 Å². The molecule has 2 amide bonds. The molecule has 0 atom stereocenters. The number of amides is 2. The molecule has 0 aliphatic heterocycles. The minimum absolute atomic E-state index is 0.0817. The first-order chi connectivity index (χ1) is 14.6. The van der Waals surface area contributed by atoms with E-state index in [-0.39, 0.29) is 12.3 Å². The smallest absolute Gasteiger partial charge is 0.255 e. The van der Waals surface area contributed by atoms with Gasteiger partial charge < -0.3 is 11.1 Å². The van der Waals surface area contributed by atoms with Gasteiger partial charge in [0, 0.05) is 17.0 Å². The zero-order valence-electron chi connectivity index (χ0n) is 16.0. The molecule has 0 fully saturated rings. The van der Waals surface area contributed by atoms with Crippen molar-refractivity contribution in [3.63, 3.8) is 0 Å². The van der Waals surface area contributed by atoms with Crippen LogP contribution in [-0.2, 0) is 17.0 Å². The molecule has 0 saturated carbocycles. The maximum atomic E-state index is 12.6. The van der Waals surface area contributed by atoms with Crippen LogP contribution in [0.2, 0.25) is 0 Å². The zero-order valence-corrected chi connectivity index (χ0v) is 17.6. The van der Waals surface area contributed by atoms with Gasteiger partial charge in [-0.25, -0.2) is 4.98 Å². The molecule has 0 spiro atoms. The minimum Gasteiger partial charge on any atom is -0.369 e. The van der Waals surface area contributed by atoms with Crippen molar-refractivity contribution in [1.82, 2.24) is 4.98 Å². The van der Waals surface area contributed by atoms with Gasteiger partial charge in [0.1, 0.15) is 0 Å². The third kappa shape index (κ3) is 4.87. The van der Waals surface area contributed by atoms with Crippen molar-refractivity contribution in [2.45, 2.75) is 16.5 Å². The molecule has 0 saturated heterocycles. The van der Waals surface area contributed by atoms with Gasteiger partial charge in [-0.15, -0.1) is 11.3 Å². The monoisotopic (exact) mass is 433 g/mol. The minimum atomic E-state index is -0.438. The molecule has 0 bridgehead atoms. The number of carbonyl (C=O) groups excluding carboxylic acids is 2. The molecule has 3 aromatic carbocycles. The first kappa shape index (κ1) is 20.1. The summed E-state index contributed by atoms with van der Waals surface area (Å²) in [6, 6.07) is 22.8. The number of thioether (sulfide) groups is 1. The molecule has 3 N–H and O–H groups in total. The quantitative estimate of drug-likeness (QED) is 0.407. The molecule has 1 heterocycles. The summed E-state index contributed by atoms with van der Waals surface area (Å²) in [6.07, 6.45) is 0.0817. The summed E-state index contributed by atoms with van der Waals surface area (Å²) in [5.41, 5.74) is 9.27. The summed E-state index contributed by atoms with van der Waals surface area (Å²) in [4.78, 5) is 28.5. The Bertz CT molecular complexity index is 1170. The number of primary amides is 1. The van der Waals surface area contributed by atoms with Crippen molar-refractivity contribution >= 4 is 50.8 Å². The van der Waals surface area contributed by atoms with Crippen LogP contribution in [0.3, 0.4) is 0 Å². The van der Waals surface area contributed by atoms with Gasteiger partial charge in [0.2, 0.25) is 5.91 Å². The van der Waals surface area contributed by atoms with Crippen molar-refractivity contribution in [2.75, 3.05) is 5.32 Å².